The van der Waals surface area contributed by atoms with Crippen molar-refractivity contribution in [2.45, 2.75) is 19.6 Å². The summed E-state index contributed by atoms with van der Waals surface area (Å²) >= 11 is 6.12. The molecule has 0 bridgehead atoms. The summed E-state index contributed by atoms with van der Waals surface area (Å²) in [6.45, 7) is 6.15. The van der Waals surface area contributed by atoms with Crippen LogP contribution in [0.3, 0.4) is 0 Å². The third-order valence-corrected chi connectivity index (χ3v) is 3.54. The Morgan fingerprint density at radius 3 is 3.06 bits per heavy atom. The van der Waals surface area contributed by atoms with E-state index in [2.05, 4.69) is 17.0 Å². The van der Waals surface area contributed by atoms with Crippen LogP contribution in [0.2, 0.25) is 5.02 Å². The number of aryl methyl sites for hydroxylation is 1. The molecule has 1 aliphatic heterocycles. The molecule has 1 atom stereocenters. The Morgan fingerprint density at radius 1 is 1.53 bits per heavy atom. The van der Waals surface area contributed by atoms with Crippen molar-refractivity contribution < 1.29 is 4.74 Å². The molecule has 2 rings (SSSR count). The minimum Gasteiger partial charge on any atom is -0.374 e. The first-order chi connectivity index (χ1) is 8.19. The topological polar surface area (TPSA) is 38.5 Å². The van der Waals surface area contributed by atoms with Gasteiger partial charge < -0.3 is 10.5 Å². The van der Waals surface area contributed by atoms with Gasteiger partial charge in [-0.2, -0.15) is 0 Å². The molecule has 3 nitrogen and oxygen atoms in total. The summed E-state index contributed by atoms with van der Waals surface area (Å²) in [5, 5.41) is 0.839. The highest BCUT2D eigenvalue weighted by molar-refractivity contribution is 6.31. The van der Waals surface area contributed by atoms with Gasteiger partial charge in [0.2, 0.25) is 0 Å². The lowest BCUT2D eigenvalue weighted by atomic mass is 10.1. The standard InChI is InChI=1S/C13H19ClN2O/c1-10-2-3-11(6-13(10)14)8-16-4-5-17-12(7-15)9-16/h2-3,6,12H,4-5,7-9,15H2,1H3. The molecule has 0 spiro atoms. The molecule has 1 aromatic rings. The van der Waals surface area contributed by atoms with E-state index in [0.717, 1.165) is 36.8 Å². The van der Waals surface area contributed by atoms with Crippen molar-refractivity contribution in [3.05, 3.63) is 34.3 Å². The van der Waals surface area contributed by atoms with Gasteiger partial charge in [-0.1, -0.05) is 23.7 Å². The van der Waals surface area contributed by atoms with Crippen LogP contribution >= 0.6 is 11.6 Å². The van der Waals surface area contributed by atoms with Crippen LogP contribution in [0.1, 0.15) is 11.1 Å². The zero-order valence-corrected chi connectivity index (χ0v) is 10.9. The van der Waals surface area contributed by atoms with Crippen LogP contribution in [0.4, 0.5) is 0 Å². The zero-order chi connectivity index (χ0) is 12.3. The van der Waals surface area contributed by atoms with Gasteiger partial charge in [-0.15, -0.1) is 0 Å². The summed E-state index contributed by atoms with van der Waals surface area (Å²) in [5.41, 5.74) is 8.00. The number of nitrogens with two attached hydrogens (primary N) is 1. The number of rotatable bonds is 3. The Hall–Kier alpha value is -0.610. The minimum absolute atomic E-state index is 0.171. The van der Waals surface area contributed by atoms with Gasteiger partial charge in [0.05, 0.1) is 12.7 Å². The summed E-state index contributed by atoms with van der Waals surface area (Å²) in [5.74, 6) is 0. The highest BCUT2D eigenvalue weighted by Gasteiger charge is 2.19. The Kier molecular flexibility index (Phi) is 4.40. The average Bonchev–Trinajstić information content (AvgIpc) is 2.34. The maximum absolute atomic E-state index is 6.12. The Bertz CT molecular complexity index is 384. The van der Waals surface area contributed by atoms with Gasteiger partial charge in [0.1, 0.15) is 0 Å². The second-order valence-corrected chi connectivity index (χ2v) is 4.95. The lowest BCUT2D eigenvalue weighted by Gasteiger charge is -2.32. The number of hydrogen-bond acceptors (Lipinski definition) is 3. The SMILES string of the molecule is Cc1ccc(CN2CCOC(CN)C2)cc1Cl. The van der Waals surface area contributed by atoms with Gasteiger partial charge >= 0.3 is 0 Å². The molecule has 94 valence electrons. The van der Waals surface area contributed by atoms with Crippen LogP contribution in [-0.4, -0.2) is 37.2 Å². The summed E-state index contributed by atoms with van der Waals surface area (Å²) in [7, 11) is 0. The largest absolute Gasteiger partial charge is 0.374 e. The fourth-order valence-corrected chi connectivity index (χ4v) is 2.26. The van der Waals surface area contributed by atoms with Crippen molar-refractivity contribution in [3.8, 4) is 0 Å². The average molecular weight is 255 g/mol. The van der Waals surface area contributed by atoms with Crippen LogP contribution < -0.4 is 5.73 Å². The van der Waals surface area contributed by atoms with E-state index in [9.17, 15) is 0 Å². The normalized spacial score (nSPS) is 21.7. The van der Waals surface area contributed by atoms with E-state index in [4.69, 9.17) is 22.1 Å². The van der Waals surface area contributed by atoms with E-state index in [0.29, 0.717) is 6.54 Å². The smallest absolute Gasteiger partial charge is 0.0824 e. The first kappa shape index (κ1) is 12.8. The zero-order valence-electron chi connectivity index (χ0n) is 10.2. The molecular formula is C13H19ClN2O. The fourth-order valence-electron chi connectivity index (χ4n) is 2.06. The summed E-state index contributed by atoms with van der Waals surface area (Å²) in [6.07, 6.45) is 0.171. The Morgan fingerprint density at radius 2 is 2.35 bits per heavy atom. The van der Waals surface area contributed by atoms with E-state index >= 15 is 0 Å². The molecular weight excluding hydrogens is 236 g/mol. The predicted octanol–water partition coefficient (Wildman–Crippen LogP) is 1.81. The van der Waals surface area contributed by atoms with Crippen molar-refractivity contribution in [1.29, 1.82) is 0 Å². The van der Waals surface area contributed by atoms with Gasteiger partial charge in [-0.3, -0.25) is 4.90 Å². The number of morpholine rings is 1. The molecule has 0 aliphatic carbocycles. The van der Waals surface area contributed by atoms with E-state index in [1.54, 1.807) is 0 Å². The van der Waals surface area contributed by atoms with Crippen LogP contribution in [0, 0.1) is 6.92 Å². The second-order valence-electron chi connectivity index (χ2n) is 4.55. The highest BCUT2D eigenvalue weighted by atomic mass is 35.5. The van der Waals surface area contributed by atoms with E-state index in [1.807, 2.05) is 13.0 Å². The lowest BCUT2D eigenvalue weighted by Crippen LogP contribution is -2.45. The third kappa shape index (κ3) is 3.42. The van der Waals surface area contributed by atoms with Crippen molar-refractivity contribution in [1.82, 2.24) is 4.90 Å². The van der Waals surface area contributed by atoms with Gasteiger partial charge in [0, 0.05) is 31.2 Å². The molecule has 4 heteroatoms. The van der Waals surface area contributed by atoms with Crippen molar-refractivity contribution in [2.75, 3.05) is 26.2 Å². The molecule has 1 aliphatic rings. The van der Waals surface area contributed by atoms with Gasteiger partial charge in [0.25, 0.3) is 0 Å². The molecule has 1 aromatic carbocycles. The molecule has 17 heavy (non-hydrogen) atoms. The van der Waals surface area contributed by atoms with Gasteiger partial charge in [0.15, 0.2) is 0 Å². The Labute approximate surface area is 107 Å². The number of nitrogens with zero attached hydrogens (tertiary/aromatic N) is 1. The molecule has 1 fully saturated rings. The van der Waals surface area contributed by atoms with Crippen LogP contribution in [-0.2, 0) is 11.3 Å². The number of halogens is 1. The van der Waals surface area contributed by atoms with Crippen LogP contribution in [0.15, 0.2) is 18.2 Å². The maximum atomic E-state index is 6.12. The lowest BCUT2D eigenvalue weighted by molar-refractivity contribution is -0.0260. The first-order valence-electron chi connectivity index (χ1n) is 5.98. The Balaban J connectivity index is 1.97. The summed E-state index contributed by atoms with van der Waals surface area (Å²) in [4.78, 5) is 2.36. The van der Waals surface area contributed by atoms with Crippen molar-refractivity contribution >= 4 is 11.6 Å². The molecule has 0 amide bonds. The highest BCUT2D eigenvalue weighted by Crippen LogP contribution is 2.18. The third-order valence-electron chi connectivity index (χ3n) is 3.13. The molecule has 1 heterocycles. The molecule has 0 aromatic heterocycles. The van der Waals surface area contributed by atoms with Gasteiger partial charge in [-0.05, 0) is 24.1 Å². The second kappa shape index (κ2) is 5.83. The van der Waals surface area contributed by atoms with Crippen LogP contribution in [0.5, 0.6) is 0 Å². The maximum Gasteiger partial charge on any atom is 0.0824 e. The van der Waals surface area contributed by atoms with E-state index in [1.165, 1.54) is 5.56 Å². The van der Waals surface area contributed by atoms with Crippen molar-refractivity contribution in [3.63, 3.8) is 0 Å². The molecule has 0 radical (unpaired) electrons. The van der Waals surface area contributed by atoms with Crippen LogP contribution in [0.25, 0.3) is 0 Å². The molecule has 1 unspecified atom stereocenters. The summed E-state index contributed by atoms with van der Waals surface area (Å²) in [6, 6.07) is 6.25. The number of benzene rings is 1. The first-order valence-corrected chi connectivity index (χ1v) is 6.36. The van der Waals surface area contributed by atoms with E-state index in [-0.39, 0.29) is 6.10 Å². The van der Waals surface area contributed by atoms with Gasteiger partial charge in [-0.25, -0.2) is 0 Å². The van der Waals surface area contributed by atoms with Crippen molar-refractivity contribution in [2.24, 2.45) is 5.73 Å². The van der Waals surface area contributed by atoms with E-state index < -0.39 is 0 Å². The fraction of sp³-hybridized carbons (Fsp3) is 0.538. The minimum atomic E-state index is 0.171. The molecule has 2 N–H and O–H groups in total. The molecule has 1 saturated heterocycles. The summed E-state index contributed by atoms with van der Waals surface area (Å²) < 4.78 is 5.55. The quantitative estimate of drug-likeness (QED) is 0.894. The monoisotopic (exact) mass is 254 g/mol. The predicted molar refractivity (Wildman–Crippen MR) is 70.3 cm³/mol. The molecule has 0 saturated carbocycles. The number of hydrogen-bond donors (Lipinski definition) is 1. The number of ether oxygens (including phenoxy) is 1.